The molecular weight excluding hydrogens is 298 g/mol. The Kier molecular flexibility index (Phi) is 5.48. The molecule has 0 aromatic heterocycles. The maximum Gasteiger partial charge on any atom is 0.244 e. The number of carbonyl (C=O) groups is 1. The Bertz CT molecular complexity index is 502. The summed E-state index contributed by atoms with van der Waals surface area (Å²) in [5, 5.41) is 3.43. The summed E-state index contributed by atoms with van der Waals surface area (Å²) in [6.07, 6.45) is 2.12. The molecule has 5 heteroatoms. The Labute approximate surface area is 139 Å². The van der Waals surface area contributed by atoms with Gasteiger partial charge in [-0.1, -0.05) is 25.1 Å². The van der Waals surface area contributed by atoms with Crippen LogP contribution in [0.1, 0.15) is 19.8 Å². The monoisotopic (exact) mass is 323 g/mol. The van der Waals surface area contributed by atoms with E-state index in [0.29, 0.717) is 5.41 Å². The van der Waals surface area contributed by atoms with E-state index in [0.717, 1.165) is 38.3 Å². The molecule has 2 unspecified atom stereocenters. The second-order valence-electron chi connectivity index (χ2n) is 6.78. The van der Waals surface area contributed by atoms with Gasteiger partial charge in [-0.15, -0.1) is 12.4 Å². The molecule has 1 aromatic carbocycles. The molecular formula is C17H26ClN3O. The molecule has 2 atom stereocenters. The van der Waals surface area contributed by atoms with Crippen molar-refractivity contribution in [3.8, 4) is 0 Å². The minimum Gasteiger partial charge on any atom is -0.316 e. The lowest BCUT2D eigenvalue weighted by Crippen LogP contribution is -2.45. The predicted molar refractivity (Wildman–Crippen MR) is 92.7 cm³/mol. The lowest BCUT2D eigenvalue weighted by atomic mass is 9.89. The lowest BCUT2D eigenvalue weighted by molar-refractivity contribution is -0.121. The minimum absolute atomic E-state index is 0. The molecule has 2 saturated heterocycles. The standard InChI is InChI=1S/C17H25N3O.ClH/c1-17(9-10-18-12-17)13-19(2)15-8-11-20(16(15)21)14-6-4-3-5-7-14;/h3-7,15,18H,8-13H2,1-2H3;1H. The van der Waals surface area contributed by atoms with Crippen molar-refractivity contribution < 1.29 is 4.79 Å². The van der Waals surface area contributed by atoms with Crippen molar-refractivity contribution in [2.75, 3.05) is 38.1 Å². The van der Waals surface area contributed by atoms with Gasteiger partial charge in [0.05, 0.1) is 6.04 Å². The van der Waals surface area contributed by atoms with Gasteiger partial charge in [-0.25, -0.2) is 0 Å². The maximum atomic E-state index is 12.7. The summed E-state index contributed by atoms with van der Waals surface area (Å²) in [5.74, 6) is 0.248. The molecule has 2 aliphatic rings. The number of halogens is 1. The molecule has 2 aliphatic heterocycles. The van der Waals surface area contributed by atoms with E-state index in [9.17, 15) is 4.79 Å². The van der Waals surface area contributed by atoms with Crippen molar-refractivity contribution in [3.05, 3.63) is 30.3 Å². The van der Waals surface area contributed by atoms with Gasteiger partial charge in [-0.3, -0.25) is 9.69 Å². The molecule has 0 saturated carbocycles. The molecule has 3 rings (SSSR count). The number of likely N-dealkylation sites (N-methyl/N-ethyl adjacent to an activating group) is 1. The number of nitrogens with one attached hydrogen (secondary N) is 1. The van der Waals surface area contributed by atoms with Crippen molar-refractivity contribution >= 4 is 24.0 Å². The third-order valence-corrected chi connectivity index (χ3v) is 4.87. The molecule has 1 N–H and O–H groups in total. The first-order chi connectivity index (χ1) is 10.1. The number of hydrogen-bond acceptors (Lipinski definition) is 3. The van der Waals surface area contributed by atoms with Gasteiger partial charge in [0.2, 0.25) is 5.91 Å². The van der Waals surface area contributed by atoms with E-state index in [1.165, 1.54) is 6.42 Å². The number of rotatable bonds is 4. The lowest BCUT2D eigenvalue weighted by Gasteiger charge is -2.32. The molecule has 0 radical (unpaired) electrons. The van der Waals surface area contributed by atoms with E-state index >= 15 is 0 Å². The molecule has 0 spiro atoms. The smallest absolute Gasteiger partial charge is 0.244 e. The van der Waals surface area contributed by atoms with Crippen LogP contribution in [0.15, 0.2) is 30.3 Å². The highest BCUT2D eigenvalue weighted by molar-refractivity contribution is 5.99. The highest BCUT2D eigenvalue weighted by atomic mass is 35.5. The van der Waals surface area contributed by atoms with Crippen LogP contribution in [-0.2, 0) is 4.79 Å². The topological polar surface area (TPSA) is 35.6 Å². The van der Waals surface area contributed by atoms with E-state index in [1.807, 2.05) is 35.2 Å². The largest absolute Gasteiger partial charge is 0.316 e. The van der Waals surface area contributed by atoms with Crippen LogP contribution in [-0.4, -0.2) is 50.1 Å². The first-order valence-electron chi connectivity index (χ1n) is 7.86. The number of nitrogens with zero attached hydrogens (tertiary/aromatic N) is 2. The zero-order chi connectivity index (χ0) is 14.9. The van der Waals surface area contributed by atoms with Crippen LogP contribution in [0.5, 0.6) is 0 Å². The van der Waals surface area contributed by atoms with Gasteiger partial charge in [-0.2, -0.15) is 0 Å². The van der Waals surface area contributed by atoms with Crippen LogP contribution >= 0.6 is 12.4 Å². The quantitative estimate of drug-likeness (QED) is 0.922. The Morgan fingerprint density at radius 2 is 2.09 bits per heavy atom. The van der Waals surface area contributed by atoms with Gasteiger partial charge < -0.3 is 10.2 Å². The number of hydrogen-bond donors (Lipinski definition) is 1. The maximum absolute atomic E-state index is 12.7. The third-order valence-electron chi connectivity index (χ3n) is 4.87. The summed E-state index contributed by atoms with van der Waals surface area (Å²) >= 11 is 0. The van der Waals surface area contributed by atoms with Crippen LogP contribution in [0.2, 0.25) is 0 Å². The summed E-state index contributed by atoms with van der Waals surface area (Å²) in [7, 11) is 2.10. The third kappa shape index (κ3) is 3.45. The number of anilines is 1. The summed E-state index contributed by atoms with van der Waals surface area (Å²) in [6.45, 7) is 6.28. The summed E-state index contributed by atoms with van der Waals surface area (Å²) in [4.78, 5) is 16.9. The molecule has 1 aromatic rings. The van der Waals surface area contributed by atoms with Crippen molar-refractivity contribution in [2.45, 2.75) is 25.8 Å². The van der Waals surface area contributed by atoms with Gasteiger partial charge in [0.15, 0.2) is 0 Å². The van der Waals surface area contributed by atoms with Crippen LogP contribution in [0.3, 0.4) is 0 Å². The molecule has 2 fully saturated rings. The number of benzene rings is 1. The molecule has 22 heavy (non-hydrogen) atoms. The fourth-order valence-corrected chi connectivity index (χ4v) is 3.65. The highest BCUT2D eigenvalue weighted by Crippen LogP contribution is 2.29. The number of amides is 1. The normalized spacial score (nSPS) is 28.2. The van der Waals surface area contributed by atoms with Crippen molar-refractivity contribution in [3.63, 3.8) is 0 Å². The number of carbonyl (C=O) groups excluding carboxylic acids is 1. The van der Waals surface area contributed by atoms with E-state index < -0.39 is 0 Å². The Hall–Kier alpha value is -1.10. The van der Waals surface area contributed by atoms with Crippen LogP contribution in [0, 0.1) is 5.41 Å². The zero-order valence-corrected chi connectivity index (χ0v) is 14.2. The molecule has 0 bridgehead atoms. The fourth-order valence-electron chi connectivity index (χ4n) is 3.65. The summed E-state index contributed by atoms with van der Waals surface area (Å²) in [5.41, 5.74) is 1.32. The Balaban J connectivity index is 0.00000176. The van der Waals surface area contributed by atoms with Gasteiger partial charge in [0, 0.05) is 25.3 Å². The summed E-state index contributed by atoms with van der Waals surface area (Å²) < 4.78 is 0. The van der Waals surface area contributed by atoms with Crippen molar-refractivity contribution in [1.82, 2.24) is 10.2 Å². The average molecular weight is 324 g/mol. The van der Waals surface area contributed by atoms with Crippen molar-refractivity contribution in [1.29, 1.82) is 0 Å². The van der Waals surface area contributed by atoms with E-state index in [2.05, 4.69) is 24.2 Å². The average Bonchev–Trinajstić information content (AvgIpc) is 3.06. The Morgan fingerprint density at radius 3 is 2.73 bits per heavy atom. The van der Waals surface area contributed by atoms with Gasteiger partial charge in [-0.05, 0) is 44.0 Å². The first kappa shape index (κ1) is 17.3. The minimum atomic E-state index is 0. The van der Waals surface area contributed by atoms with Crippen molar-refractivity contribution in [2.24, 2.45) is 5.41 Å². The second-order valence-corrected chi connectivity index (χ2v) is 6.78. The molecule has 2 heterocycles. The Morgan fingerprint density at radius 1 is 1.36 bits per heavy atom. The SMILES string of the molecule is CN(CC1(C)CCNC1)C1CCN(c2ccccc2)C1=O.Cl. The second kappa shape index (κ2) is 6.99. The highest BCUT2D eigenvalue weighted by Gasteiger charge is 2.38. The van der Waals surface area contributed by atoms with E-state index in [4.69, 9.17) is 0 Å². The van der Waals surface area contributed by atoms with Crippen LogP contribution < -0.4 is 10.2 Å². The molecule has 0 aliphatic carbocycles. The zero-order valence-electron chi connectivity index (χ0n) is 13.4. The van der Waals surface area contributed by atoms with E-state index in [1.54, 1.807) is 0 Å². The molecule has 1 amide bonds. The van der Waals surface area contributed by atoms with E-state index in [-0.39, 0.29) is 24.4 Å². The fraction of sp³-hybridized carbons (Fsp3) is 0.588. The van der Waals surface area contributed by atoms with Crippen LogP contribution in [0.4, 0.5) is 5.69 Å². The molecule has 122 valence electrons. The van der Waals surface area contributed by atoms with Gasteiger partial charge >= 0.3 is 0 Å². The first-order valence-corrected chi connectivity index (χ1v) is 7.86. The predicted octanol–water partition coefficient (Wildman–Crippen LogP) is 2.15. The van der Waals surface area contributed by atoms with Gasteiger partial charge in [0.1, 0.15) is 0 Å². The van der Waals surface area contributed by atoms with Gasteiger partial charge in [0.25, 0.3) is 0 Å². The van der Waals surface area contributed by atoms with Crippen LogP contribution in [0.25, 0.3) is 0 Å². The number of para-hydroxylation sites is 1. The summed E-state index contributed by atoms with van der Waals surface area (Å²) in [6, 6.07) is 10.0. The molecule has 4 nitrogen and oxygen atoms in total.